The van der Waals surface area contributed by atoms with E-state index in [0.717, 1.165) is 27.0 Å². The molecule has 10 heteroatoms. The van der Waals surface area contributed by atoms with Crippen LogP contribution in [0, 0.1) is 0 Å². The van der Waals surface area contributed by atoms with Gasteiger partial charge in [-0.05, 0) is 79.7 Å². The number of nitrogens with one attached hydrogen (secondary N) is 1. The van der Waals surface area contributed by atoms with Crippen LogP contribution in [0.25, 0.3) is 16.9 Å². The molecule has 198 valence electrons. The fraction of sp³-hybridized carbons (Fsp3) is 0.103. The maximum atomic E-state index is 12.9. The second kappa shape index (κ2) is 11.3. The minimum atomic E-state index is -3.90. The summed E-state index contributed by atoms with van der Waals surface area (Å²) in [5, 5.41) is 7.29. The van der Waals surface area contributed by atoms with Gasteiger partial charge in [-0.3, -0.25) is 4.79 Å². The minimum absolute atomic E-state index is 0.0698. The number of para-hydroxylation sites is 1. The Labute approximate surface area is 234 Å². The average molecular weight is 606 g/mol. The molecule has 0 aliphatic rings. The van der Waals surface area contributed by atoms with Crippen molar-refractivity contribution in [1.82, 2.24) is 15.1 Å². The smallest absolute Gasteiger partial charge is 0.287 e. The number of amides is 1. The van der Waals surface area contributed by atoms with Crippen LogP contribution < -0.4 is 10.1 Å². The van der Waals surface area contributed by atoms with E-state index in [1.807, 2.05) is 67.7 Å². The molecule has 1 N–H and O–H groups in total. The molecule has 0 fully saturated rings. The topological polar surface area (TPSA) is 103 Å². The van der Waals surface area contributed by atoms with Crippen molar-refractivity contribution in [3.63, 3.8) is 0 Å². The van der Waals surface area contributed by atoms with Crippen LogP contribution in [-0.4, -0.2) is 30.7 Å². The Balaban J connectivity index is 1.38. The lowest BCUT2D eigenvalue weighted by Crippen LogP contribution is -2.22. The van der Waals surface area contributed by atoms with Crippen molar-refractivity contribution >= 4 is 31.7 Å². The molecular weight excluding hydrogens is 582 g/mol. The third kappa shape index (κ3) is 5.81. The molecule has 8 nitrogen and oxygen atoms in total. The Kier molecular flexibility index (Phi) is 7.67. The van der Waals surface area contributed by atoms with Gasteiger partial charge >= 0.3 is 0 Å². The Morgan fingerprint density at radius 1 is 0.974 bits per heavy atom. The Bertz CT molecular complexity index is 1690. The number of halogens is 1. The van der Waals surface area contributed by atoms with Crippen LogP contribution in [-0.2, 0) is 16.4 Å². The maximum absolute atomic E-state index is 12.9. The second-order valence-corrected chi connectivity index (χ2v) is 11.3. The molecule has 0 unspecified atom stereocenters. The van der Waals surface area contributed by atoms with Crippen LogP contribution in [0.1, 0.15) is 23.0 Å². The summed E-state index contributed by atoms with van der Waals surface area (Å²) in [4.78, 5) is 13.0. The zero-order valence-corrected chi connectivity index (χ0v) is 23.3. The largest absolute Gasteiger partial charge is 0.494 e. The Morgan fingerprint density at radius 2 is 1.69 bits per heavy atom. The number of carbonyl (C=O) groups is 1. The van der Waals surface area contributed by atoms with E-state index in [9.17, 15) is 13.2 Å². The highest BCUT2D eigenvalue weighted by atomic mass is 79.9. The van der Waals surface area contributed by atoms with E-state index >= 15 is 0 Å². The first-order valence-electron chi connectivity index (χ1n) is 12.1. The van der Waals surface area contributed by atoms with Gasteiger partial charge in [-0.1, -0.05) is 34.1 Å². The quantitative estimate of drug-likeness (QED) is 0.219. The number of aromatic nitrogens is 2. The standard InChI is InChI=1S/C29H24BrN3O5S/c1-2-37-24-12-8-20(9-13-24)28-21(19-33(32-28)23-6-4-3-5-7-23)18-31-29(34)26-16-17-27(38-26)39(35,36)25-14-10-22(30)11-15-25/h3-17,19H,2,18H2,1H3,(H,31,34). The minimum Gasteiger partial charge on any atom is -0.494 e. The summed E-state index contributed by atoms with van der Waals surface area (Å²) in [6.07, 6.45) is 1.85. The molecule has 5 aromatic rings. The number of nitrogens with zero attached hydrogens (tertiary/aromatic N) is 2. The van der Waals surface area contributed by atoms with E-state index in [2.05, 4.69) is 21.2 Å². The van der Waals surface area contributed by atoms with Gasteiger partial charge in [0.15, 0.2) is 5.76 Å². The molecule has 2 heterocycles. The number of ether oxygens (including phenoxy) is 1. The maximum Gasteiger partial charge on any atom is 0.287 e. The normalized spacial score (nSPS) is 11.3. The van der Waals surface area contributed by atoms with Crippen molar-refractivity contribution in [3.8, 4) is 22.7 Å². The average Bonchev–Trinajstić information content (AvgIpc) is 3.62. The van der Waals surface area contributed by atoms with Gasteiger partial charge in [0, 0.05) is 28.3 Å². The van der Waals surface area contributed by atoms with Crippen LogP contribution >= 0.6 is 15.9 Å². The molecule has 0 aliphatic heterocycles. The van der Waals surface area contributed by atoms with E-state index in [1.165, 1.54) is 24.3 Å². The summed E-state index contributed by atoms with van der Waals surface area (Å²) in [7, 11) is -3.90. The number of sulfone groups is 1. The number of hydrogen-bond donors (Lipinski definition) is 1. The molecule has 0 atom stereocenters. The summed E-state index contributed by atoms with van der Waals surface area (Å²) in [5.74, 6) is 0.103. The Hall–Kier alpha value is -4.15. The zero-order chi connectivity index (χ0) is 27.4. The summed E-state index contributed by atoms with van der Waals surface area (Å²) in [5.41, 5.74) is 3.19. The van der Waals surface area contributed by atoms with Crippen molar-refractivity contribution < 1.29 is 22.4 Å². The van der Waals surface area contributed by atoms with Crippen molar-refractivity contribution in [2.75, 3.05) is 6.61 Å². The predicted molar refractivity (Wildman–Crippen MR) is 150 cm³/mol. The van der Waals surface area contributed by atoms with Crippen LogP contribution in [0.5, 0.6) is 5.75 Å². The lowest BCUT2D eigenvalue weighted by molar-refractivity contribution is 0.0918. The summed E-state index contributed by atoms with van der Waals surface area (Å²) < 4.78 is 39.3. The molecule has 0 aliphatic carbocycles. The number of benzene rings is 3. The van der Waals surface area contributed by atoms with Crippen molar-refractivity contribution in [3.05, 3.63) is 113 Å². The highest BCUT2D eigenvalue weighted by Crippen LogP contribution is 2.27. The van der Waals surface area contributed by atoms with Crippen LogP contribution in [0.15, 0.2) is 116 Å². The fourth-order valence-corrected chi connectivity index (χ4v) is 5.39. The summed E-state index contributed by atoms with van der Waals surface area (Å²) >= 11 is 3.29. The first-order chi connectivity index (χ1) is 18.8. The number of rotatable bonds is 9. The van der Waals surface area contributed by atoms with Gasteiger partial charge in [0.1, 0.15) is 5.75 Å². The second-order valence-electron chi connectivity index (χ2n) is 8.50. The molecule has 0 radical (unpaired) electrons. The molecule has 0 saturated carbocycles. The molecule has 39 heavy (non-hydrogen) atoms. The number of hydrogen-bond acceptors (Lipinski definition) is 6. The predicted octanol–water partition coefficient (Wildman–Crippen LogP) is 6.06. The van der Waals surface area contributed by atoms with Gasteiger partial charge in [0.25, 0.3) is 5.91 Å². The monoisotopic (exact) mass is 605 g/mol. The van der Waals surface area contributed by atoms with Crippen molar-refractivity contribution in [2.24, 2.45) is 0 Å². The van der Waals surface area contributed by atoms with Crippen LogP contribution in [0.3, 0.4) is 0 Å². The first kappa shape index (κ1) is 26.5. The van der Waals surface area contributed by atoms with Gasteiger partial charge < -0.3 is 14.5 Å². The van der Waals surface area contributed by atoms with E-state index in [-0.39, 0.29) is 22.3 Å². The molecule has 1 amide bonds. The van der Waals surface area contributed by atoms with Gasteiger partial charge in [0.05, 0.1) is 22.9 Å². The highest BCUT2D eigenvalue weighted by molar-refractivity contribution is 9.10. The zero-order valence-electron chi connectivity index (χ0n) is 20.9. The lowest BCUT2D eigenvalue weighted by atomic mass is 10.1. The van der Waals surface area contributed by atoms with E-state index in [0.29, 0.717) is 12.3 Å². The first-order valence-corrected chi connectivity index (χ1v) is 14.4. The van der Waals surface area contributed by atoms with Crippen molar-refractivity contribution in [1.29, 1.82) is 0 Å². The third-order valence-electron chi connectivity index (χ3n) is 5.88. The molecule has 0 saturated heterocycles. The van der Waals surface area contributed by atoms with E-state index < -0.39 is 15.7 Å². The number of carbonyl (C=O) groups excluding carboxylic acids is 1. The molecule has 0 spiro atoms. The van der Waals surface area contributed by atoms with E-state index in [4.69, 9.17) is 14.3 Å². The Morgan fingerprint density at radius 3 is 2.38 bits per heavy atom. The van der Waals surface area contributed by atoms with Crippen LogP contribution in [0.4, 0.5) is 0 Å². The summed E-state index contributed by atoms with van der Waals surface area (Å²) in [6.45, 7) is 2.64. The number of furan rings is 1. The van der Waals surface area contributed by atoms with Gasteiger partial charge in [-0.2, -0.15) is 5.10 Å². The van der Waals surface area contributed by atoms with Crippen LogP contribution in [0.2, 0.25) is 0 Å². The molecule has 0 bridgehead atoms. The fourth-order valence-electron chi connectivity index (χ4n) is 3.95. The molecule has 3 aromatic carbocycles. The SMILES string of the molecule is CCOc1ccc(-c2nn(-c3ccccc3)cc2CNC(=O)c2ccc(S(=O)(=O)c3ccc(Br)cc3)o2)cc1. The van der Waals surface area contributed by atoms with Gasteiger partial charge in [0.2, 0.25) is 14.9 Å². The van der Waals surface area contributed by atoms with Gasteiger partial charge in [-0.25, -0.2) is 13.1 Å². The highest BCUT2D eigenvalue weighted by Gasteiger charge is 2.24. The molecule has 2 aromatic heterocycles. The third-order valence-corrected chi connectivity index (χ3v) is 8.05. The summed E-state index contributed by atoms with van der Waals surface area (Å²) in [6, 6.07) is 26.0. The lowest BCUT2D eigenvalue weighted by Gasteiger charge is -2.06. The van der Waals surface area contributed by atoms with Gasteiger partial charge in [-0.15, -0.1) is 0 Å². The molecule has 5 rings (SSSR count). The van der Waals surface area contributed by atoms with Crippen molar-refractivity contribution in [2.45, 2.75) is 23.5 Å². The van der Waals surface area contributed by atoms with E-state index in [1.54, 1.807) is 16.8 Å². The molecular formula is C29H24BrN3O5S.